The number of piperazine rings is 1. The summed E-state index contributed by atoms with van der Waals surface area (Å²) >= 11 is 0. The highest BCUT2D eigenvalue weighted by molar-refractivity contribution is 5.79. The van der Waals surface area contributed by atoms with Crippen LogP contribution in [0.1, 0.15) is 18.7 Å². The second kappa shape index (κ2) is 8.53. The Balaban J connectivity index is 1.19. The van der Waals surface area contributed by atoms with E-state index in [1.807, 2.05) is 28.0 Å². The van der Waals surface area contributed by atoms with E-state index < -0.39 is 12.0 Å². The number of hydrogen-bond donors (Lipinski definition) is 0. The highest BCUT2D eigenvalue weighted by Gasteiger charge is 2.38. The number of aromatic nitrogens is 4. The molecule has 2 aliphatic heterocycles. The van der Waals surface area contributed by atoms with Crippen molar-refractivity contribution in [2.45, 2.75) is 19.0 Å². The molecular formula is C22H24F3N7O. The van der Waals surface area contributed by atoms with E-state index in [-0.39, 0.29) is 17.5 Å². The Morgan fingerprint density at radius 2 is 1.55 bits per heavy atom. The largest absolute Gasteiger partial charge is 0.453 e. The zero-order valence-corrected chi connectivity index (χ0v) is 17.9. The molecule has 1 aromatic carbocycles. The van der Waals surface area contributed by atoms with E-state index in [1.165, 1.54) is 11.8 Å². The number of hydrogen-bond acceptors (Lipinski definition) is 6. The van der Waals surface area contributed by atoms with E-state index in [4.69, 9.17) is 0 Å². The van der Waals surface area contributed by atoms with Gasteiger partial charge in [-0.1, -0.05) is 18.2 Å². The first-order chi connectivity index (χ1) is 15.9. The van der Waals surface area contributed by atoms with Crippen LogP contribution < -0.4 is 9.80 Å². The van der Waals surface area contributed by atoms with E-state index in [9.17, 15) is 18.0 Å². The van der Waals surface area contributed by atoms with Crippen molar-refractivity contribution >= 4 is 23.1 Å². The van der Waals surface area contributed by atoms with E-state index in [1.54, 1.807) is 6.07 Å². The van der Waals surface area contributed by atoms with Crippen LogP contribution in [-0.4, -0.2) is 69.9 Å². The molecule has 0 bridgehead atoms. The summed E-state index contributed by atoms with van der Waals surface area (Å²) < 4.78 is 40.2. The molecule has 0 N–H and O–H groups in total. The van der Waals surface area contributed by atoms with Crippen molar-refractivity contribution in [1.82, 2.24) is 24.7 Å². The number of carbonyl (C=O) groups is 1. The Morgan fingerprint density at radius 3 is 2.21 bits per heavy atom. The summed E-state index contributed by atoms with van der Waals surface area (Å²) in [5.74, 6) is -0.618. The Morgan fingerprint density at radius 1 is 0.848 bits per heavy atom. The molecule has 0 aliphatic carbocycles. The smallest absolute Gasteiger partial charge is 0.368 e. The van der Waals surface area contributed by atoms with Crippen LogP contribution in [0.2, 0.25) is 0 Å². The van der Waals surface area contributed by atoms with Crippen LogP contribution in [0.15, 0.2) is 42.5 Å². The van der Waals surface area contributed by atoms with Gasteiger partial charge in [0, 0.05) is 50.9 Å². The van der Waals surface area contributed by atoms with Gasteiger partial charge in [0.25, 0.3) is 5.82 Å². The number of piperidine rings is 1. The van der Waals surface area contributed by atoms with Crippen LogP contribution in [0.25, 0.3) is 5.65 Å². The van der Waals surface area contributed by atoms with Gasteiger partial charge in [-0.15, -0.1) is 15.3 Å². The second-order valence-corrected chi connectivity index (χ2v) is 8.39. The fourth-order valence-corrected chi connectivity index (χ4v) is 4.56. The third-order valence-corrected chi connectivity index (χ3v) is 6.38. The lowest BCUT2D eigenvalue weighted by atomic mass is 9.95. The summed E-state index contributed by atoms with van der Waals surface area (Å²) in [4.78, 5) is 19.2. The van der Waals surface area contributed by atoms with Crippen LogP contribution in [0.5, 0.6) is 0 Å². The van der Waals surface area contributed by atoms with Gasteiger partial charge in [0.2, 0.25) is 5.91 Å². The van der Waals surface area contributed by atoms with Crippen LogP contribution in [0, 0.1) is 5.92 Å². The average Bonchev–Trinajstić information content (AvgIpc) is 3.28. The Labute approximate surface area is 188 Å². The minimum atomic E-state index is -4.63. The van der Waals surface area contributed by atoms with Crippen molar-refractivity contribution < 1.29 is 18.0 Å². The lowest BCUT2D eigenvalue weighted by molar-refractivity contribution is -0.146. The zero-order chi connectivity index (χ0) is 23.0. The fourth-order valence-electron chi connectivity index (χ4n) is 4.56. The molecule has 2 aliphatic rings. The molecule has 33 heavy (non-hydrogen) atoms. The molecule has 0 radical (unpaired) electrons. The fraction of sp³-hybridized carbons (Fsp3) is 0.455. The monoisotopic (exact) mass is 459 g/mol. The van der Waals surface area contributed by atoms with Crippen molar-refractivity contribution in [2.24, 2.45) is 5.92 Å². The summed E-state index contributed by atoms with van der Waals surface area (Å²) in [5.41, 5.74) is 1.22. The van der Waals surface area contributed by atoms with Crippen LogP contribution in [0.4, 0.5) is 24.7 Å². The van der Waals surface area contributed by atoms with Gasteiger partial charge in [-0.25, -0.2) is 0 Å². The summed E-state index contributed by atoms with van der Waals surface area (Å²) in [7, 11) is 0. The number of benzene rings is 1. The number of alkyl halides is 3. The van der Waals surface area contributed by atoms with Crippen molar-refractivity contribution in [3.05, 3.63) is 48.3 Å². The molecule has 2 fully saturated rings. The molecule has 3 aromatic rings. The predicted octanol–water partition coefficient (Wildman–Crippen LogP) is 2.71. The normalized spacial score (nSPS) is 18.2. The van der Waals surface area contributed by atoms with Gasteiger partial charge in [0.1, 0.15) is 5.82 Å². The number of anilines is 2. The predicted molar refractivity (Wildman–Crippen MR) is 116 cm³/mol. The molecule has 0 saturated carbocycles. The van der Waals surface area contributed by atoms with E-state index in [0.29, 0.717) is 44.8 Å². The number of fused-ring (bicyclic) bond motifs is 1. The third kappa shape index (κ3) is 4.31. The van der Waals surface area contributed by atoms with Crippen LogP contribution in [-0.2, 0) is 11.0 Å². The maximum Gasteiger partial charge on any atom is 0.453 e. The summed E-state index contributed by atoms with van der Waals surface area (Å²) in [6.07, 6.45) is -3.34. The first kappa shape index (κ1) is 21.5. The number of amides is 1. The molecule has 8 nitrogen and oxygen atoms in total. The lowest BCUT2D eigenvalue weighted by Crippen LogP contribution is -2.51. The highest BCUT2D eigenvalue weighted by atomic mass is 19.4. The maximum atomic E-state index is 13.1. The quantitative estimate of drug-likeness (QED) is 0.600. The van der Waals surface area contributed by atoms with Gasteiger partial charge in [-0.05, 0) is 37.1 Å². The van der Waals surface area contributed by atoms with Gasteiger partial charge in [0.15, 0.2) is 5.65 Å². The number of nitrogens with zero attached hydrogens (tertiary/aromatic N) is 7. The Kier molecular flexibility index (Phi) is 5.55. The Hall–Kier alpha value is -3.37. The minimum Gasteiger partial charge on any atom is -0.368 e. The van der Waals surface area contributed by atoms with E-state index in [2.05, 4.69) is 32.3 Å². The third-order valence-electron chi connectivity index (χ3n) is 6.38. The second-order valence-electron chi connectivity index (χ2n) is 8.39. The lowest BCUT2D eigenvalue weighted by Gasteiger charge is -2.39. The van der Waals surface area contributed by atoms with E-state index in [0.717, 1.165) is 17.6 Å². The van der Waals surface area contributed by atoms with Crippen molar-refractivity contribution in [3.63, 3.8) is 0 Å². The van der Waals surface area contributed by atoms with Gasteiger partial charge in [0.05, 0.1) is 0 Å². The molecule has 4 heterocycles. The van der Waals surface area contributed by atoms with Gasteiger partial charge in [-0.3, -0.25) is 4.79 Å². The first-order valence-electron chi connectivity index (χ1n) is 11.0. The molecule has 0 spiro atoms. The maximum absolute atomic E-state index is 13.1. The molecule has 11 heteroatoms. The van der Waals surface area contributed by atoms with Crippen molar-refractivity contribution in [2.75, 3.05) is 49.1 Å². The molecule has 0 unspecified atom stereocenters. The summed E-state index contributed by atoms with van der Waals surface area (Å²) in [5, 5.41) is 10.9. The van der Waals surface area contributed by atoms with Crippen LogP contribution >= 0.6 is 0 Å². The highest BCUT2D eigenvalue weighted by Crippen LogP contribution is 2.29. The SMILES string of the molecule is O=C(C1CCN(c2ccc3nnc(C(F)(F)F)n3n2)CC1)N1CCN(c2ccccc2)CC1. The molecule has 2 aromatic heterocycles. The van der Waals surface area contributed by atoms with E-state index >= 15 is 0 Å². The number of para-hydroxylation sites is 1. The topological polar surface area (TPSA) is 69.9 Å². The zero-order valence-electron chi connectivity index (χ0n) is 17.9. The van der Waals surface area contributed by atoms with Crippen molar-refractivity contribution in [1.29, 1.82) is 0 Å². The molecular weight excluding hydrogens is 435 g/mol. The molecule has 0 atom stereocenters. The van der Waals surface area contributed by atoms with Gasteiger partial charge in [-0.2, -0.15) is 17.7 Å². The average molecular weight is 459 g/mol. The summed E-state index contributed by atoms with van der Waals surface area (Å²) in [6.45, 7) is 4.11. The first-order valence-corrected chi connectivity index (χ1v) is 11.0. The van der Waals surface area contributed by atoms with Gasteiger partial charge >= 0.3 is 6.18 Å². The molecule has 1 amide bonds. The summed E-state index contributed by atoms with van der Waals surface area (Å²) in [6, 6.07) is 13.3. The van der Waals surface area contributed by atoms with Gasteiger partial charge < -0.3 is 14.7 Å². The minimum absolute atomic E-state index is 0.0470. The molecule has 174 valence electrons. The standard InChI is InChI=1S/C22H24F3N7O/c23-22(24,25)21-27-26-18-6-7-19(28-32(18)21)30-10-8-16(9-11-30)20(33)31-14-12-29(13-15-31)17-4-2-1-3-5-17/h1-7,16H,8-15H2. The molecule has 2 saturated heterocycles. The molecule has 5 rings (SSSR count). The number of carbonyl (C=O) groups excluding carboxylic acids is 1. The van der Waals surface area contributed by atoms with Crippen molar-refractivity contribution in [3.8, 4) is 0 Å². The van der Waals surface area contributed by atoms with Crippen LogP contribution in [0.3, 0.4) is 0 Å². The Bertz CT molecular complexity index is 1120. The number of rotatable bonds is 3. The number of halogens is 3.